The molecule has 0 fully saturated rings. The summed E-state index contributed by atoms with van der Waals surface area (Å²) in [4.78, 5) is 10.2. The van der Waals surface area contributed by atoms with Crippen LogP contribution in [0.25, 0.3) is 0 Å². The quantitative estimate of drug-likeness (QED) is 0.593. The molecule has 1 unspecified atom stereocenters. The summed E-state index contributed by atoms with van der Waals surface area (Å²) in [5, 5.41) is 23.8. The van der Waals surface area contributed by atoms with Crippen LogP contribution in [0.2, 0.25) is 0 Å². The largest absolute Gasteiger partial charge is 0.388 e. The number of methoxy groups -OCH3 is 1. The predicted molar refractivity (Wildman–Crippen MR) is 73.4 cm³/mol. The maximum Gasteiger partial charge on any atom is 0.295 e. The average Bonchev–Trinajstić information content (AvgIpc) is 2.37. The Kier molecular flexibility index (Phi) is 5.41. The van der Waals surface area contributed by atoms with Gasteiger partial charge in [0.25, 0.3) is 5.69 Å². The zero-order chi connectivity index (χ0) is 15.3. The highest BCUT2D eigenvalue weighted by atomic mass is 19.1. The maximum atomic E-state index is 13.4. The number of rotatable bonds is 7. The van der Waals surface area contributed by atoms with E-state index in [1.54, 1.807) is 6.92 Å². The van der Waals surface area contributed by atoms with Crippen molar-refractivity contribution in [2.24, 2.45) is 0 Å². The number of nitrogens with zero attached hydrogens (tertiary/aromatic N) is 1. The van der Waals surface area contributed by atoms with Crippen LogP contribution in [0, 0.1) is 22.9 Å². The van der Waals surface area contributed by atoms with Gasteiger partial charge in [0.15, 0.2) is 0 Å². The fourth-order valence-electron chi connectivity index (χ4n) is 1.66. The van der Waals surface area contributed by atoms with Gasteiger partial charge in [-0.1, -0.05) is 0 Å². The molecular weight excluding hydrogens is 267 g/mol. The lowest BCUT2D eigenvalue weighted by molar-refractivity contribution is -0.384. The van der Waals surface area contributed by atoms with E-state index in [4.69, 9.17) is 4.74 Å². The monoisotopic (exact) mass is 286 g/mol. The standard InChI is InChI=1S/C13H19FN2O4/c1-9-6-11(12(16(18)19)7-10(9)14)15-8-13(2,17)4-5-20-3/h6-7,15,17H,4-5,8H2,1-3H3. The molecule has 0 aromatic heterocycles. The number of nitrogens with one attached hydrogen (secondary N) is 1. The third-order valence-electron chi connectivity index (χ3n) is 2.98. The van der Waals surface area contributed by atoms with Crippen molar-refractivity contribution in [1.82, 2.24) is 0 Å². The van der Waals surface area contributed by atoms with Crippen molar-refractivity contribution in [2.75, 3.05) is 25.6 Å². The van der Waals surface area contributed by atoms with Crippen molar-refractivity contribution < 1.29 is 19.2 Å². The zero-order valence-corrected chi connectivity index (χ0v) is 11.8. The minimum atomic E-state index is -1.08. The number of hydrogen-bond donors (Lipinski definition) is 2. The molecule has 0 saturated carbocycles. The first-order valence-electron chi connectivity index (χ1n) is 6.16. The molecule has 1 aromatic rings. The van der Waals surface area contributed by atoms with Crippen LogP contribution in [0.4, 0.5) is 15.8 Å². The Bertz CT molecular complexity index is 492. The Morgan fingerprint density at radius 3 is 2.75 bits per heavy atom. The predicted octanol–water partition coefficient (Wildman–Crippen LogP) is 2.24. The smallest absolute Gasteiger partial charge is 0.295 e. The van der Waals surface area contributed by atoms with E-state index in [9.17, 15) is 19.6 Å². The molecule has 0 saturated heterocycles. The molecule has 0 amide bonds. The highest BCUT2D eigenvalue weighted by Gasteiger charge is 2.23. The fraction of sp³-hybridized carbons (Fsp3) is 0.538. The van der Waals surface area contributed by atoms with E-state index in [0.717, 1.165) is 6.07 Å². The van der Waals surface area contributed by atoms with Crippen LogP contribution >= 0.6 is 0 Å². The van der Waals surface area contributed by atoms with Gasteiger partial charge in [-0.25, -0.2) is 4.39 Å². The number of halogens is 1. The highest BCUT2D eigenvalue weighted by Crippen LogP contribution is 2.28. The molecule has 7 heteroatoms. The zero-order valence-electron chi connectivity index (χ0n) is 11.8. The summed E-state index contributed by atoms with van der Waals surface area (Å²) in [6.45, 7) is 3.59. The molecule has 112 valence electrons. The van der Waals surface area contributed by atoms with Crippen molar-refractivity contribution in [1.29, 1.82) is 0 Å². The van der Waals surface area contributed by atoms with Crippen LogP contribution in [-0.2, 0) is 4.74 Å². The SMILES string of the molecule is COCCC(C)(O)CNc1cc(C)c(F)cc1[N+](=O)[O-]. The Morgan fingerprint density at radius 1 is 1.55 bits per heavy atom. The summed E-state index contributed by atoms with van der Waals surface area (Å²) in [5.74, 6) is -0.631. The minimum absolute atomic E-state index is 0.0995. The topological polar surface area (TPSA) is 84.6 Å². The van der Waals surface area contributed by atoms with E-state index in [2.05, 4.69) is 5.32 Å². The van der Waals surface area contributed by atoms with Crippen LogP contribution in [-0.4, -0.2) is 35.9 Å². The molecule has 0 aliphatic carbocycles. The number of ether oxygens (including phenoxy) is 1. The Balaban J connectivity index is 2.86. The number of anilines is 1. The van der Waals surface area contributed by atoms with Crippen LogP contribution in [0.1, 0.15) is 18.9 Å². The summed E-state index contributed by atoms with van der Waals surface area (Å²) in [5.41, 5.74) is -0.941. The van der Waals surface area contributed by atoms with Crippen molar-refractivity contribution in [3.63, 3.8) is 0 Å². The number of nitro benzene ring substituents is 1. The molecule has 0 heterocycles. The number of hydrogen-bond acceptors (Lipinski definition) is 5. The highest BCUT2D eigenvalue weighted by molar-refractivity contribution is 5.63. The number of nitro groups is 1. The second kappa shape index (κ2) is 6.62. The molecule has 0 radical (unpaired) electrons. The van der Waals surface area contributed by atoms with Crippen molar-refractivity contribution in [3.05, 3.63) is 33.6 Å². The van der Waals surface area contributed by atoms with Gasteiger partial charge in [-0.3, -0.25) is 10.1 Å². The third-order valence-corrected chi connectivity index (χ3v) is 2.98. The van der Waals surface area contributed by atoms with E-state index in [-0.39, 0.29) is 17.9 Å². The maximum absolute atomic E-state index is 13.4. The van der Waals surface area contributed by atoms with Crippen molar-refractivity contribution >= 4 is 11.4 Å². The molecule has 1 atom stereocenters. The lowest BCUT2D eigenvalue weighted by atomic mass is 10.0. The van der Waals surface area contributed by atoms with Gasteiger partial charge in [-0.05, 0) is 25.5 Å². The van der Waals surface area contributed by atoms with Gasteiger partial charge in [0.1, 0.15) is 11.5 Å². The van der Waals surface area contributed by atoms with Crippen LogP contribution in [0.15, 0.2) is 12.1 Å². The lowest BCUT2D eigenvalue weighted by Crippen LogP contribution is -2.34. The number of benzene rings is 1. The molecule has 20 heavy (non-hydrogen) atoms. The van der Waals surface area contributed by atoms with Gasteiger partial charge < -0.3 is 15.2 Å². The molecular formula is C13H19FN2O4. The summed E-state index contributed by atoms with van der Waals surface area (Å²) in [7, 11) is 1.53. The normalized spacial score (nSPS) is 13.8. The van der Waals surface area contributed by atoms with E-state index >= 15 is 0 Å². The molecule has 1 aromatic carbocycles. The third kappa shape index (κ3) is 4.43. The fourth-order valence-corrected chi connectivity index (χ4v) is 1.66. The average molecular weight is 286 g/mol. The van der Waals surface area contributed by atoms with Crippen molar-refractivity contribution in [3.8, 4) is 0 Å². The number of aliphatic hydroxyl groups is 1. The second-order valence-electron chi connectivity index (χ2n) is 4.97. The van der Waals surface area contributed by atoms with E-state index < -0.39 is 16.3 Å². The molecule has 0 spiro atoms. The van der Waals surface area contributed by atoms with Gasteiger partial charge in [0.2, 0.25) is 0 Å². The van der Waals surface area contributed by atoms with Crippen molar-refractivity contribution in [2.45, 2.75) is 25.9 Å². The molecule has 0 aliphatic heterocycles. The first kappa shape index (κ1) is 16.3. The van der Waals surface area contributed by atoms with E-state index in [0.29, 0.717) is 18.6 Å². The van der Waals surface area contributed by atoms with Gasteiger partial charge in [0.05, 0.1) is 16.6 Å². The Labute approximate surface area is 116 Å². The van der Waals surface area contributed by atoms with Gasteiger partial charge >= 0.3 is 0 Å². The van der Waals surface area contributed by atoms with Crippen LogP contribution in [0.5, 0.6) is 0 Å². The summed E-state index contributed by atoms with van der Waals surface area (Å²) < 4.78 is 18.2. The molecule has 0 bridgehead atoms. The summed E-state index contributed by atoms with van der Waals surface area (Å²) in [6, 6.07) is 2.24. The molecule has 0 aliphatic rings. The van der Waals surface area contributed by atoms with E-state index in [1.807, 2.05) is 0 Å². The van der Waals surface area contributed by atoms with Gasteiger partial charge in [-0.2, -0.15) is 0 Å². The number of aryl methyl sites for hydroxylation is 1. The Hall–Kier alpha value is -1.73. The van der Waals surface area contributed by atoms with Gasteiger partial charge in [-0.15, -0.1) is 0 Å². The molecule has 2 N–H and O–H groups in total. The van der Waals surface area contributed by atoms with Gasteiger partial charge in [0, 0.05) is 26.7 Å². The van der Waals surface area contributed by atoms with Crippen LogP contribution < -0.4 is 5.32 Å². The van der Waals surface area contributed by atoms with Crippen LogP contribution in [0.3, 0.4) is 0 Å². The molecule has 1 rings (SSSR count). The molecule has 6 nitrogen and oxygen atoms in total. The first-order valence-corrected chi connectivity index (χ1v) is 6.16. The summed E-state index contributed by atoms with van der Waals surface area (Å²) in [6.07, 6.45) is 0.379. The lowest BCUT2D eigenvalue weighted by Gasteiger charge is -2.23. The first-order chi connectivity index (χ1) is 9.26. The second-order valence-corrected chi connectivity index (χ2v) is 4.97. The van der Waals surface area contributed by atoms with E-state index in [1.165, 1.54) is 20.1 Å². The minimum Gasteiger partial charge on any atom is -0.388 e. The Morgan fingerprint density at radius 2 is 2.20 bits per heavy atom. The summed E-state index contributed by atoms with van der Waals surface area (Å²) >= 11 is 0.